The molecule has 0 saturated heterocycles. The van der Waals surface area contributed by atoms with Gasteiger partial charge in [0.15, 0.2) is 0 Å². The lowest BCUT2D eigenvalue weighted by atomic mass is 10.1. The first-order valence-electron chi connectivity index (χ1n) is 5.41. The highest BCUT2D eigenvalue weighted by molar-refractivity contribution is 9.10. The summed E-state index contributed by atoms with van der Waals surface area (Å²) in [6, 6.07) is 8.23. The lowest BCUT2D eigenvalue weighted by Gasteiger charge is -2.05. The number of hydrogen-bond acceptors (Lipinski definition) is 3. The third kappa shape index (κ3) is 3.42. The van der Waals surface area contributed by atoms with Gasteiger partial charge in [0.1, 0.15) is 4.88 Å². The van der Waals surface area contributed by atoms with Crippen LogP contribution in [-0.4, -0.2) is 17.0 Å². The molecular weight excluding hydrogens is 330 g/mol. The molecule has 1 amide bonds. The van der Waals surface area contributed by atoms with Crippen LogP contribution >= 0.6 is 27.3 Å². The minimum Gasteiger partial charge on any atom is -0.478 e. The largest absolute Gasteiger partial charge is 0.478 e. The Balaban J connectivity index is 1.97. The number of rotatable bonds is 4. The van der Waals surface area contributed by atoms with Crippen molar-refractivity contribution in [1.29, 1.82) is 0 Å². The van der Waals surface area contributed by atoms with Crippen LogP contribution in [0.15, 0.2) is 40.2 Å². The molecular formula is C13H10BrNO3S. The molecule has 1 aromatic heterocycles. The second-order valence-corrected chi connectivity index (χ2v) is 5.55. The van der Waals surface area contributed by atoms with Crippen LogP contribution in [0.1, 0.15) is 25.6 Å². The Morgan fingerprint density at radius 1 is 1.21 bits per heavy atom. The topological polar surface area (TPSA) is 66.4 Å². The summed E-state index contributed by atoms with van der Waals surface area (Å²) < 4.78 is 0.774. The van der Waals surface area contributed by atoms with Crippen LogP contribution in [-0.2, 0) is 6.54 Å². The van der Waals surface area contributed by atoms with E-state index in [4.69, 9.17) is 5.11 Å². The van der Waals surface area contributed by atoms with Crippen LogP contribution in [0.3, 0.4) is 0 Å². The van der Waals surface area contributed by atoms with E-state index in [1.807, 2.05) is 11.4 Å². The Morgan fingerprint density at radius 2 is 1.89 bits per heavy atom. The molecule has 0 bridgehead atoms. The summed E-state index contributed by atoms with van der Waals surface area (Å²) in [6.07, 6.45) is 0. The quantitative estimate of drug-likeness (QED) is 0.899. The van der Waals surface area contributed by atoms with E-state index in [2.05, 4.69) is 21.2 Å². The third-order valence-corrected chi connectivity index (χ3v) is 4.31. The van der Waals surface area contributed by atoms with Gasteiger partial charge in [-0.1, -0.05) is 12.1 Å². The lowest BCUT2D eigenvalue weighted by Crippen LogP contribution is -2.22. The van der Waals surface area contributed by atoms with Crippen molar-refractivity contribution in [2.75, 3.05) is 0 Å². The van der Waals surface area contributed by atoms with Crippen molar-refractivity contribution in [2.24, 2.45) is 0 Å². The van der Waals surface area contributed by atoms with Crippen LogP contribution in [0.2, 0.25) is 0 Å². The summed E-state index contributed by atoms with van der Waals surface area (Å²) in [5, 5.41) is 13.4. The number of amides is 1. The smallest absolute Gasteiger partial charge is 0.335 e. The van der Waals surface area contributed by atoms with Crippen LogP contribution < -0.4 is 5.32 Å². The van der Waals surface area contributed by atoms with E-state index in [1.54, 1.807) is 12.1 Å². The number of carboxylic acids is 1. The molecule has 0 aliphatic heterocycles. The van der Waals surface area contributed by atoms with E-state index >= 15 is 0 Å². The Labute approximate surface area is 122 Å². The number of hydrogen-bond donors (Lipinski definition) is 2. The molecule has 2 N–H and O–H groups in total. The average molecular weight is 340 g/mol. The fourth-order valence-corrected chi connectivity index (χ4v) is 2.95. The molecule has 0 atom stereocenters. The number of nitrogens with one attached hydrogen (secondary N) is 1. The summed E-state index contributed by atoms with van der Waals surface area (Å²) in [4.78, 5) is 23.2. The molecule has 1 aromatic carbocycles. The molecule has 0 aliphatic carbocycles. The van der Waals surface area contributed by atoms with Crippen LogP contribution in [0, 0.1) is 0 Å². The molecule has 1 heterocycles. The molecule has 19 heavy (non-hydrogen) atoms. The molecule has 2 rings (SSSR count). The zero-order valence-corrected chi connectivity index (χ0v) is 12.1. The van der Waals surface area contributed by atoms with Gasteiger partial charge in [0.05, 0.1) is 5.56 Å². The molecule has 0 fully saturated rings. The highest BCUT2D eigenvalue weighted by Crippen LogP contribution is 2.22. The van der Waals surface area contributed by atoms with Gasteiger partial charge in [-0.25, -0.2) is 4.79 Å². The second kappa shape index (κ2) is 5.99. The molecule has 4 nitrogen and oxygen atoms in total. The van der Waals surface area contributed by atoms with Crippen LogP contribution in [0.4, 0.5) is 0 Å². The van der Waals surface area contributed by atoms with Crippen molar-refractivity contribution in [2.45, 2.75) is 6.54 Å². The minimum absolute atomic E-state index is 0.149. The van der Waals surface area contributed by atoms with E-state index in [-0.39, 0.29) is 11.5 Å². The van der Waals surface area contributed by atoms with Crippen molar-refractivity contribution >= 4 is 39.1 Å². The first-order chi connectivity index (χ1) is 9.08. The summed E-state index contributed by atoms with van der Waals surface area (Å²) in [7, 11) is 0. The summed E-state index contributed by atoms with van der Waals surface area (Å²) in [5.74, 6) is -1.11. The first-order valence-corrected chi connectivity index (χ1v) is 7.08. The maximum absolute atomic E-state index is 11.9. The van der Waals surface area contributed by atoms with E-state index in [9.17, 15) is 9.59 Å². The van der Waals surface area contributed by atoms with Gasteiger partial charge in [0, 0.05) is 11.0 Å². The third-order valence-electron chi connectivity index (χ3n) is 2.48. The molecule has 0 spiro atoms. The molecule has 0 unspecified atom stereocenters. The maximum atomic E-state index is 11.9. The van der Waals surface area contributed by atoms with Crippen molar-refractivity contribution in [3.63, 3.8) is 0 Å². The zero-order valence-electron chi connectivity index (χ0n) is 9.72. The van der Waals surface area contributed by atoms with Crippen molar-refractivity contribution in [1.82, 2.24) is 5.32 Å². The van der Waals surface area contributed by atoms with E-state index in [0.29, 0.717) is 11.4 Å². The number of carboxylic acid groups (broad SMARTS) is 1. The Morgan fingerprint density at radius 3 is 2.42 bits per heavy atom. The number of aromatic carboxylic acids is 1. The van der Waals surface area contributed by atoms with Crippen LogP contribution in [0.5, 0.6) is 0 Å². The molecule has 0 aliphatic rings. The van der Waals surface area contributed by atoms with E-state index in [0.717, 1.165) is 10.0 Å². The van der Waals surface area contributed by atoms with Gasteiger partial charge in [0.2, 0.25) is 0 Å². The Hall–Kier alpha value is -1.66. The predicted octanol–water partition coefficient (Wildman–Crippen LogP) is 3.14. The van der Waals surface area contributed by atoms with Gasteiger partial charge >= 0.3 is 5.97 Å². The molecule has 0 radical (unpaired) electrons. The van der Waals surface area contributed by atoms with Gasteiger partial charge in [0.25, 0.3) is 5.91 Å². The SMILES string of the molecule is O=C(O)c1ccc(CNC(=O)c2sccc2Br)cc1. The molecule has 2 aromatic rings. The van der Waals surface area contributed by atoms with Gasteiger partial charge in [-0.3, -0.25) is 4.79 Å². The summed E-state index contributed by atoms with van der Waals surface area (Å²) >= 11 is 4.67. The second-order valence-electron chi connectivity index (χ2n) is 3.78. The Bertz CT molecular complexity index is 607. The zero-order chi connectivity index (χ0) is 13.8. The monoisotopic (exact) mass is 339 g/mol. The van der Waals surface area contributed by atoms with E-state index in [1.165, 1.54) is 23.5 Å². The normalized spacial score (nSPS) is 10.2. The first kappa shape index (κ1) is 13.8. The summed E-state index contributed by atoms with van der Waals surface area (Å²) in [6.45, 7) is 0.364. The highest BCUT2D eigenvalue weighted by Gasteiger charge is 2.11. The van der Waals surface area contributed by atoms with Crippen LogP contribution in [0.25, 0.3) is 0 Å². The highest BCUT2D eigenvalue weighted by atomic mass is 79.9. The molecule has 0 saturated carbocycles. The number of carbonyl (C=O) groups is 2. The minimum atomic E-state index is -0.960. The van der Waals surface area contributed by atoms with Gasteiger partial charge < -0.3 is 10.4 Å². The fourth-order valence-electron chi connectivity index (χ4n) is 1.48. The number of benzene rings is 1. The Kier molecular flexibility index (Phi) is 4.34. The predicted molar refractivity (Wildman–Crippen MR) is 76.6 cm³/mol. The van der Waals surface area contributed by atoms with Gasteiger partial charge in [-0.15, -0.1) is 11.3 Å². The lowest BCUT2D eigenvalue weighted by molar-refractivity contribution is 0.0696. The average Bonchev–Trinajstić information content (AvgIpc) is 2.83. The maximum Gasteiger partial charge on any atom is 0.335 e. The summed E-state index contributed by atoms with van der Waals surface area (Å²) in [5.41, 5.74) is 1.09. The number of halogens is 1. The van der Waals surface area contributed by atoms with Gasteiger partial charge in [-0.05, 0) is 45.1 Å². The molecule has 98 valence electrons. The van der Waals surface area contributed by atoms with Crippen molar-refractivity contribution in [3.05, 3.63) is 56.2 Å². The van der Waals surface area contributed by atoms with E-state index < -0.39 is 5.97 Å². The van der Waals surface area contributed by atoms with Crippen molar-refractivity contribution < 1.29 is 14.7 Å². The fraction of sp³-hybridized carbons (Fsp3) is 0.0769. The standard InChI is InChI=1S/C13H10BrNO3S/c14-10-5-6-19-11(10)12(16)15-7-8-1-3-9(4-2-8)13(17)18/h1-6H,7H2,(H,15,16)(H,17,18). The van der Waals surface area contributed by atoms with Gasteiger partial charge in [-0.2, -0.15) is 0 Å². The number of thiophene rings is 1. The van der Waals surface area contributed by atoms with Crippen molar-refractivity contribution in [3.8, 4) is 0 Å². The molecule has 6 heteroatoms. The number of carbonyl (C=O) groups excluding carboxylic acids is 1.